The van der Waals surface area contributed by atoms with E-state index in [1.165, 1.54) is 4.90 Å². The fourth-order valence-electron chi connectivity index (χ4n) is 1.68. The van der Waals surface area contributed by atoms with Crippen molar-refractivity contribution in [3.05, 3.63) is 0 Å². The standard InChI is InChI=1S/C10H17N3O5/c1-2-18-10(17)12-8(14)6-13-4-3-11-5-7(13)9(15)16/h7,11H,2-6H2,1H3,(H,15,16)(H,12,14,17). The van der Waals surface area contributed by atoms with E-state index < -0.39 is 24.0 Å². The van der Waals surface area contributed by atoms with Crippen LogP contribution in [0.1, 0.15) is 6.92 Å². The van der Waals surface area contributed by atoms with Gasteiger partial charge in [0, 0.05) is 19.6 Å². The molecule has 1 aliphatic heterocycles. The summed E-state index contributed by atoms with van der Waals surface area (Å²) in [7, 11) is 0. The lowest BCUT2D eigenvalue weighted by molar-refractivity contribution is -0.144. The quantitative estimate of drug-likeness (QED) is 0.571. The van der Waals surface area contributed by atoms with E-state index in [0.29, 0.717) is 13.1 Å². The molecule has 0 saturated carbocycles. The highest BCUT2D eigenvalue weighted by Gasteiger charge is 2.29. The van der Waals surface area contributed by atoms with Crippen LogP contribution >= 0.6 is 0 Å². The van der Waals surface area contributed by atoms with Crippen LogP contribution in [0, 0.1) is 0 Å². The Bertz CT molecular complexity index is 333. The van der Waals surface area contributed by atoms with E-state index in [4.69, 9.17) is 5.11 Å². The number of aliphatic carboxylic acids is 1. The number of ether oxygens (including phenoxy) is 1. The Balaban J connectivity index is 2.46. The molecule has 0 aromatic heterocycles. The first-order chi connectivity index (χ1) is 8.54. The number of imide groups is 1. The number of carbonyl (C=O) groups excluding carboxylic acids is 2. The van der Waals surface area contributed by atoms with Crippen LogP contribution in [0.5, 0.6) is 0 Å². The maximum Gasteiger partial charge on any atom is 0.413 e. The average molecular weight is 259 g/mol. The van der Waals surface area contributed by atoms with Gasteiger partial charge in [0.25, 0.3) is 0 Å². The molecular weight excluding hydrogens is 242 g/mol. The van der Waals surface area contributed by atoms with Gasteiger partial charge < -0.3 is 15.2 Å². The molecule has 2 amide bonds. The van der Waals surface area contributed by atoms with Crippen molar-refractivity contribution < 1.29 is 24.2 Å². The Morgan fingerprint density at radius 2 is 2.22 bits per heavy atom. The molecule has 3 N–H and O–H groups in total. The van der Waals surface area contributed by atoms with Crippen LogP contribution < -0.4 is 10.6 Å². The van der Waals surface area contributed by atoms with Crippen LogP contribution in [0.25, 0.3) is 0 Å². The van der Waals surface area contributed by atoms with Crippen molar-refractivity contribution in [2.75, 3.05) is 32.8 Å². The van der Waals surface area contributed by atoms with Gasteiger partial charge in [0.1, 0.15) is 6.04 Å². The molecule has 1 unspecified atom stereocenters. The van der Waals surface area contributed by atoms with Gasteiger partial charge in [-0.15, -0.1) is 0 Å². The van der Waals surface area contributed by atoms with Crippen LogP contribution in [0.4, 0.5) is 4.79 Å². The molecule has 1 atom stereocenters. The fraction of sp³-hybridized carbons (Fsp3) is 0.700. The second kappa shape index (κ2) is 6.92. The number of nitrogens with zero attached hydrogens (tertiary/aromatic N) is 1. The second-order valence-corrected chi connectivity index (χ2v) is 3.80. The molecule has 1 rings (SSSR count). The lowest BCUT2D eigenvalue weighted by atomic mass is 10.2. The van der Waals surface area contributed by atoms with E-state index in [1.54, 1.807) is 6.92 Å². The Morgan fingerprint density at radius 1 is 1.50 bits per heavy atom. The summed E-state index contributed by atoms with van der Waals surface area (Å²) in [6.45, 7) is 2.98. The smallest absolute Gasteiger partial charge is 0.413 e. The van der Waals surface area contributed by atoms with Crippen LogP contribution in [0.15, 0.2) is 0 Å². The summed E-state index contributed by atoms with van der Waals surface area (Å²) in [5, 5.41) is 13.9. The van der Waals surface area contributed by atoms with Crippen LogP contribution in [-0.4, -0.2) is 66.8 Å². The number of piperazine rings is 1. The van der Waals surface area contributed by atoms with E-state index in [1.807, 2.05) is 5.32 Å². The monoisotopic (exact) mass is 259 g/mol. The highest BCUT2D eigenvalue weighted by atomic mass is 16.5. The summed E-state index contributed by atoms with van der Waals surface area (Å²) in [5.41, 5.74) is 0. The van der Waals surface area contributed by atoms with E-state index in [2.05, 4.69) is 10.1 Å². The Morgan fingerprint density at radius 3 is 2.83 bits per heavy atom. The van der Waals surface area contributed by atoms with Gasteiger partial charge in [-0.25, -0.2) is 4.79 Å². The first-order valence-electron chi connectivity index (χ1n) is 5.68. The van der Waals surface area contributed by atoms with Crippen LogP contribution in [0.2, 0.25) is 0 Å². The number of hydrogen-bond acceptors (Lipinski definition) is 6. The number of rotatable bonds is 4. The zero-order chi connectivity index (χ0) is 13.5. The van der Waals surface area contributed by atoms with Gasteiger partial charge in [-0.2, -0.15) is 0 Å². The third-order valence-electron chi connectivity index (χ3n) is 2.50. The molecule has 8 heteroatoms. The van der Waals surface area contributed by atoms with Crippen molar-refractivity contribution in [3.8, 4) is 0 Å². The Labute approximate surface area is 104 Å². The second-order valence-electron chi connectivity index (χ2n) is 3.80. The minimum atomic E-state index is -0.994. The summed E-state index contributed by atoms with van der Waals surface area (Å²) in [6, 6.07) is -0.758. The lowest BCUT2D eigenvalue weighted by Gasteiger charge is -2.32. The molecule has 1 aliphatic rings. The molecule has 0 radical (unpaired) electrons. The zero-order valence-electron chi connectivity index (χ0n) is 10.1. The zero-order valence-corrected chi connectivity index (χ0v) is 10.1. The largest absolute Gasteiger partial charge is 0.480 e. The molecule has 0 bridgehead atoms. The molecule has 0 aromatic rings. The fourth-order valence-corrected chi connectivity index (χ4v) is 1.68. The molecule has 18 heavy (non-hydrogen) atoms. The number of alkyl carbamates (subject to hydrolysis) is 1. The number of carboxylic acid groups (broad SMARTS) is 1. The third kappa shape index (κ3) is 4.30. The summed E-state index contributed by atoms with van der Waals surface area (Å²) < 4.78 is 4.56. The van der Waals surface area contributed by atoms with E-state index >= 15 is 0 Å². The van der Waals surface area contributed by atoms with Gasteiger partial charge in [-0.3, -0.25) is 19.8 Å². The molecule has 102 valence electrons. The molecular formula is C10H17N3O5. The van der Waals surface area contributed by atoms with E-state index in [-0.39, 0.29) is 19.7 Å². The topological polar surface area (TPSA) is 108 Å². The number of hydrogen-bond donors (Lipinski definition) is 3. The maximum absolute atomic E-state index is 11.5. The lowest BCUT2D eigenvalue weighted by Crippen LogP contribution is -2.57. The van der Waals surface area contributed by atoms with Crippen molar-refractivity contribution in [2.24, 2.45) is 0 Å². The first-order valence-corrected chi connectivity index (χ1v) is 5.68. The molecule has 0 aromatic carbocycles. The Kier molecular flexibility index (Phi) is 5.53. The predicted molar refractivity (Wildman–Crippen MR) is 61.0 cm³/mol. The normalized spacial score (nSPS) is 20.2. The maximum atomic E-state index is 11.5. The van der Waals surface area contributed by atoms with Gasteiger partial charge in [-0.1, -0.05) is 0 Å². The summed E-state index contributed by atoms with van der Waals surface area (Å²) in [4.78, 5) is 35.0. The van der Waals surface area contributed by atoms with Crippen LogP contribution in [-0.2, 0) is 14.3 Å². The van der Waals surface area contributed by atoms with Crippen LogP contribution in [0.3, 0.4) is 0 Å². The average Bonchev–Trinajstić information content (AvgIpc) is 2.29. The SMILES string of the molecule is CCOC(=O)NC(=O)CN1CCNCC1C(=O)O. The first kappa shape index (κ1) is 14.4. The minimum absolute atomic E-state index is 0.141. The highest BCUT2D eigenvalue weighted by molar-refractivity contribution is 5.93. The van der Waals surface area contributed by atoms with Gasteiger partial charge in [0.05, 0.1) is 13.2 Å². The number of carbonyl (C=O) groups is 3. The van der Waals surface area contributed by atoms with Crippen molar-refractivity contribution in [1.82, 2.24) is 15.5 Å². The minimum Gasteiger partial charge on any atom is -0.480 e. The van der Waals surface area contributed by atoms with E-state index in [9.17, 15) is 14.4 Å². The van der Waals surface area contributed by atoms with E-state index in [0.717, 1.165) is 0 Å². The molecule has 1 fully saturated rings. The summed E-state index contributed by atoms with van der Waals surface area (Å²) in [6.07, 6.45) is -0.815. The van der Waals surface area contributed by atoms with Crippen molar-refractivity contribution in [2.45, 2.75) is 13.0 Å². The molecule has 1 heterocycles. The number of amides is 2. The van der Waals surface area contributed by atoms with Gasteiger partial charge in [0.2, 0.25) is 5.91 Å². The van der Waals surface area contributed by atoms with Crippen molar-refractivity contribution in [3.63, 3.8) is 0 Å². The number of carboxylic acids is 1. The third-order valence-corrected chi connectivity index (χ3v) is 2.50. The molecule has 8 nitrogen and oxygen atoms in total. The van der Waals surface area contributed by atoms with Gasteiger partial charge >= 0.3 is 12.1 Å². The highest BCUT2D eigenvalue weighted by Crippen LogP contribution is 2.02. The summed E-state index contributed by atoms with van der Waals surface area (Å²) >= 11 is 0. The molecule has 1 saturated heterocycles. The molecule has 0 aliphatic carbocycles. The molecule has 0 spiro atoms. The van der Waals surface area contributed by atoms with Crippen molar-refractivity contribution >= 4 is 18.0 Å². The Hall–Kier alpha value is -1.67. The number of nitrogens with one attached hydrogen (secondary N) is 2. The van der Waals surface area contributed by atoms with Crippen molar-refractivity contribution in [1.29, 1.82) is 0 Å². The summed E-state index contributed by atoms with van der Waals surface area (Å²) in [5.74, 6) is -1.56. The predicted octanol–water partition coefficient (Wildman–Crippen LogP) is -1.38. The van der Waals surface area contributed by atoms with Gasteiger partial charge in [0.15, 0.2) is 0 Å². The van der Waals surface area contributed by atoms with Gasteiger partial charge in [-0.05, 0) is 6.92 Å².